The molecule has 0 aromatic heterocycles. The van der Waals surface area contributed by atoms with E-state index in [9.17, 15) is 9.59 Å². The molecule has 23 heavy (non-hydrogen) atoms. The van der Waals surface area contributed by atoms with E-state index in [4.69, 9.17) is 17.0 Å². The molecule has 1 heterocycles. The maximum Gasteiger partial charge on any atom is 0.328 e. The first-order chi connectivity index (χ1) is 10.9. The SMILES string of the molecule is COC(=O)[C@@H]1CCCN1C(=S)C(C)(C)NC(=O)c1ccccc1. The first-order valence-electron chi connectivity index (χ1n) is 7.63. The van der Waals surface area contributed by atoms with Gasteiger partial charge in [0, 0.05) is 12.1 Å². The molecule has 124 valence electrons. The Hall–Kier alpha value is -1.95. The standard InChI is InChI=1S/C17H22N2O3S/c1-17(2,18-14(20)12-8-5-4-6-9-12)16(23)19-11-7-10-13(19)15(21)22-3/h4-6,8-9,13H,7,10-11H2,1-3H3,(H,18,20)/t13-/m0/s1. The Balaban J connectivity index is 2.10. The molecule has 6 heteroatoms. The second kappa shape index (κ2) is 7.08. The maximum absolute atomic E-state index is 12.4. The number of benzene rings is 1. The highest BCUT2D eigenvalue weighted by molar-refractivity contribution is 7.80. The molecule has 1 aliphatic rings. The van der Waals surface area contributed by atoms with E-state index >= 15 is 0 Å². The number of hydrogen-bond donors (Lipinski definition) is 1. The van der Waals surface area contributed by atoms with Crippen LogP contribution in [-0.2, 0) is 9.53 Å². The quantitative estimate of drug-likeness (QED) is 0.675. The van der Waals surface area contributed by atoms with Crippen molar-refractivity contribution in [1.29, 1.82) is 0 Å². The highest BCUT2D eigenvalue weighted by Gasteiger charge is 2.39. The monoisotopic (exact) mass is 334 g/mol. The fourth-order valence-electron chi connectivity index (χ4n) is 2.75. The number of carbonyl (C=O) groups is 2. The summed E-state index contributed by atoms with van der Waals surface area (Å²) in [4.78, 5) is 26.7. The summed E-state index contributed by atoms with van der Waals surface area (Å²) in [6, 6.07) is 8.63. The molecule has 0 saturated carbocycles. The third-order valence-electron chi connectivity index (χ3n) is 3.98. The molecule has 0 aliphatic carbocycles. The molecular weight excluding hydrogens is 312 g/mol. The van der Waals surface area contributed by atoms with Crippen molar-refractivity contribution in [3.63, 3.8) is 0 Å². The lowest BCUT2D eigenvalue weighted by molar-refractivity contribution is -0.144. The zero-order chi connectivity index (χ0) is 17.0. The molecule has 0 bridgehead atoms. The summed E-state index contributed by atoms with van der Waals surface area (Å²) in [6.07, 6.45) is 1.60. The number of likely N-dealkylation sites (tertiary alicyclic amines) is 1. The van der Waals surface area contributed by atoms with E-state index in [0.29, 0.717) is 17.1 Å². The number of thiocarbonyl (C=S) groups is 1. The minimum atomic E-state index is -0.737. The van der Waals surface area contributed by atoms with Crippen LogP contribution < -0.4 is 5.32 Å². The van der Waals surface area contributed by atoms with Crippen molar-refractivity contribution in [3.8, 4) is 0 Å². The number of nitrogens with one attached hydrogen (secondary N) is 1. The van der Waals surface area contributed by atoms with Gasteiger partial charge in [-0.3, -0.25) is 4.79 Å². The molecule has 1 atom stereocenters. The van der Waals surface area contributed by atoms with E-state index in [2.05, 4.69) is 5.32 Å². The van der Waals surface area contributed by atoms with Crippen LogP contribution in [0.15, 0.2) is 30.3 Å². The van der Waals surface area contributed by atoms with Crippen molar-refractivity contribution in [1.82, 2.24) is 10.2 Å². The van der Waals surface area contributed by atoms with Crippen molar-refractivity contribution in [2.75, 3.05) is 13.7 Å². The second-order valence-corrected chi connectivity index (χ2v) is 6.51. The minimum Gasteiger partial charge on any atom is -0.467 e. The summed E-state index contributed by atoms with van der Waals surface area (Å²) in [5.74, 6) is -0.471. The molecule has 1 fully saturated rings. The van der Waals surface area contributed by atoms with Crippen LogP contribution in [0.4, 0.5) is 0 Å². The summed E-state index contributed by atoms with van der Waals surface area (Å²) in [6.45, 7) is 4.40. The third kappa shape index (κ3) is 3.88. The first-order valence-corrected chi connectivity index (χ1v) is 8.04. The lowest BCUT2D eigenvalue weighted by Crippen LogP contribution is -2.57. The first kappa shape index (κ1) is 17.4. The van der Waals surface area contributed by atoms with Gasteiger partial charge < -0.3 is 15.0 Å². The molecule has 0 unspecified atom stereocenters. The average molecular weight is 334 g/mol. The molecule has 2 rings (SSSR count). The van der Waals surface area contributed by atoms with Gasteiger partial charge >= 0.3 is 5.97 Å². The second-order valence-electron chi connectivity index (χ2n) is 6.12. The maximum atomic E-state index is 12.4. The van der Waals surface area contributed by atoms with E-state index in [1.807, 2.05) is 36.9 Å². The number of methoxy groups -OCH3 is 1. The van der Waals surface area contributed by atoms with Crippen LogP contribution in [0.5, 0.6) is 0 Å². The highest BCUT2D eigenvalue weighted by atomic mass is 32.1. The Labute approximate surface area is 142 Å². The van der Waals surface area contributed by atoms with E-state index in [0.717, 1.165) is 12.8 Å². The average Bonchev–Trinajstić information content (AvgIpc) is 3.03. The number of ether oxygens (including phenoxy) is 1. The summed E-state index contributed by atoms with van der Waals surface area (Å²) < 4.78 is 4.85. The van der Waals surface area contributed by atoms with Crippen LogP contribution >= 0.6 is 12.2 Å². The highest BCUT2D eigenvalue weighted by Crippen LogP contribution is 2.23. The molecule has 1 aliphatic heterocycles. The van der Waals surface area contributed by atoms with Crippen LogP contribution in [0.1, 0.15) is 37.0 Å². The summed E-state index contributed by atoms with van der Waals surface area (Å²) in [5, 5.41) is 2.95. The number of esters is 1. The predicted octanol–water partition coefficient (Wildman–Crippen LogP) is 2.16. The Bertz CT molecular complexity index is 601. The van der Waals surface area contributed by atoms with Gasteiger partial charge in [-0.25, -0.2) is 4.79 Å². The van der Waals surface area contributed by atoms with Crippen molar-refractivity contribution < 1.29 is 14.3 Å². The van der Waals surface area contributed by atoms with Crippen LogP contribution in [0, 0.1) is 0 Å². The van der Waals surface area contributed by atoms with Gasteiger partial charge in [0.15, 0.2) is 0 Å². The molecule has 1 aromatic rings. The summed E-state index contributed by atoms with van der Waals surface area (Å²) >= 11 is 5.57. The van der Waals surface area contributed by atoms with Crippen LogP contribution in [0.2, 0.25) is 0 Å². The molecule has 1 N–H and O–H groups in total. The molecular formula is C17H22N2O3S. The normalized spacial score (nSPS) is 17.7. The molecule has 0 radical (unpaired) electrons. The number of carbonyl (C=O) groups excluding carboxylic acids is 2. The fourth-order valence-corrected chi connectivity index (χ4v) is 3.02. The topological polar surface area (TPSA) is 58.6 Å². The van der Waals surface area contributed by atoms with Gasteiger partial charge in [-0.2, -0.15) is 0 Å². The Morgan fingerprint density at radius 3 is 2.57 bits per heavy atom. The van der Waals surface area contributed by atoms with Crippen LogP contribution in [-0.4, -0.2) is 47.0 Å². The minimum absolute atomic E-state index is 0.188. The molecule has 1 saturated heterocycles. The van der Waals surface area contributed by atoms with E-state index in [-0.39, 0.29) is 17.9 Å². The third-order valence-corrected chi connectivity index (χ3v) is 4.73. The van der Waals surface area contributed by atoms with Gasteiger partial charge in [-0.15, -0.1) is 0 Å². The van der Waals surface area contributed by atoms with Gasteiger partial charge in [0.25, 0.3) is 5.91 Å². The Morgan fingerprint density at radius 2 is 1.96 bits per heavy atom. The summed E-state index contributed by atoms with van der Waals surface area (Å²) in [7, 11) is 1.38. The van der Waals surface area contributed by atoms with Gasteiger partial charge in [-0.1, -0.05) is 30.4 Å². The zero-order valence-corrected chi connectivity index (χ0v) is 14.5. The van der Waals surface area contributed by atoms with Crippen LogP contribution in [0.3, 0.4) is 0 Å². The Morgan fingerprint density at radius 1 is 1.30 bits per heavy atom. The molecule has 1 aromatic carbocycles. The van der Waals surface area contributed by atoms with Gasteiger partial charge in [0.05, 0.1) is 12.6 Å². The Kier molecular flexibility index (Phi) is 5.36. The predicted molar refractivity (Wildman–Crippen MR) is 92.3 cm³/mol. The van der Waals surface area contributed by atoms with E-state index in [1.54, 1.807) is 12.1 Å². The van der Waals surface area contributed by atoms with Crippen molar-refractivity contribution in [2.24, 2.45) is 0 Å². The molecule has 1 amide bonds. The fraction of sp³-hybridized carbons (Fsp3) is 0.471. The van der Waals surface area contributed by atoms with Crippen molar-refractivity contribution >= 4 is 29.1 Å². The number of hydrogen-bond acceptors (Lipinski definition) is 4. The number of rotatable bonds is 4. The number of nitrogens with zero attached hydrogens (tertiary/aromatic N) is 1. The van der Waals surface area contributed by atoms with E-state index < -0.39 is 5.54 Å². The van der Waals surface area contributed by atoms with Gasteiger partial charge in [0.2, 0.25) is 0 Å². The zero-order valence-electron chi connectivity index (χ0n) is 13.7. The lowest BCUT2D eigenvalue weighted by Gasteiger charge is -2.35. The number of amides is 1. The van der Waals surface area contributed by atoms with Crippen molar-refractivity contribution in [3.05, 3.63) is 35.9 Å². The molecule has 5 nitrogen and oxygen atoms in total. The smallest absolute Gasteiger partial charge is 0.328 e. The van der Waals surface area contributed by atoms with Gasteiger partial charge in [-0.05, 0) is 38.8 Å². The molecule has 0 spiro atoms. The van der Waals surface area contributed by atoms with Crippen molar-refractivity contribution in [2.45, 2.75) is 38.3 Å². The van der Waals surface area contributed by atoms with E-state index in [1.165, 1.54) is 7.11 Å². The van der Waals surface area contributed by atoms with Gasteiger partial charge in [0.1, 0.15) is 11.0 Å². The lowest BCUT2D eigenvalue weighted by atomic mass is 10.0. The summed E-state index contributed by atoms with van der Waals surface area (Å²) in [5.41, 5.74) is -0.159. The largest absolute Gasteiger partial charge is 0.467 e. The van der Waals surface area contributed by atoms with Crippen LogP contribution in [0.25, 0.3) is 0 Å².